The average Bonchev–Trinajstić information content (AvgIpc) is 2.63. The summed E-state index contributed by atoms with van der Waals surface area (Å²) >= 11 is 0. The summed E-state index contributed by atoms with van der Waals surface area (Å²) in [5.41, 5.74) is 0.487. The Hall–Kier alpha value is -1.78. The van der Waals surface area contributed by atoms with E-state index in [1.807, 2.05) is 0 Å². The van der Waals surface area contributed by atoms with E-state index >= 15 is 0 Å². The summed E-state index contributed by atoms with van der Waals surface area (Å²) in [5.74, 6) is 0.139. The van der Waals surface area contributed by atoms with Gasteiger partial charge in [0.15, 0.2) is 0 Å². The van der Waals surface area contributed by atoms with Crippen LogP contribution in [-0.4, -0.2) is 37.4 Å². The molecule has 0 saturated heterocycles. The number of hydrogen-bond acceptors (Lipinski definition) is 3. The van der Waals surface area contributed by atoms with Gasteiger partial charge >= 0.3 is 0 Å². The Kier molecular flexibility index (Phi) is 3.49. The second-order valence-corrected chi connectivity index (χ2v) is 3.22. The highest BCUT2D eigenvalue weighted by molar-refractivity contribution is 5.97. The van der Waals surface area contributed by atoms with Crippen LogP contribution in [0.3, 0.4) is 0 Å². The molecule has 0 bridgehead atoms. The van der Waals surface area contributed by atoms with Gasteiger partial charge < -0.3 is 14.6 Å². The number of nitrogens with one attached hydrogen (secondary N) is 1. The van der Waals surface area contributed by atoms with E-state index in [0.717, 1.165) is 0 Å². The molecule has 5 nitrogen and oxygen atoms in total. The van der Waals surface area contributed by atoms with Gasteiger partial charge in [0.1, 0.15) is 5.76 Å². The van der Waals surface area contributed by atoms with Crippen LogP contribution in [0.1, 0.15) is 16.1 Å². The highest BCUT2D eigenvalue weighted by atomic mass is 16.3. The van der Waals surface area contributed by atoms with E-state index in [1.54, 1.807) is 20.0 Å². The molecule has 1 aromatic heterocycles. The van der Waals surface area contributed by atoms with Crippen LogP contribution in [0.2, 0.25) is 0 Å². The fourth-order valence-electron chi connectivity index (χ4n) is 1.18. The summed E-state index contributed by atoms with van der Waals surface area (Å²) in [5, 5.41) is 2.45. The van der Waals surface area contributed by atoms with E-state index in [2.05, 4.69) is 5.32 Å². The molecular weight excluding hydrogens is 196 g/mol. The smallest absolute Gasteiger partial charge is 0.257 e. The number of aryl methyl sites for hydroxylation is 1. The fraction of sp³-hybridized carbons (Fsp3) is 0.400. The summed E-state index contributed by atoms with van der Waals surface area (Å²) in [6.07, 6.45) is 1.45. The van der Waals surface area contributed by atoms with Gasteiger partial charge in [0, 0.05) is 14.1 Å². The van der Waals surface area contributed by atoms with E-state index in [9.17, 15) is 9.59 Å². The standard InChI is InChI=1S/C10H14N2O3/c1-7-8(4-5-15-7)10(14)12(3)6-9(13)11-2/h4-5H,6H2,1-3H3,(H,11,13). The van der Waals surface area contributed by atoms with Crippen LogP contribution < -0.4 is 5.32 Å². The number of carbonyl (C=O) groups excluding carboxylic acids is 2. The molecule has 0 saturated carbocycles. The minimum absolute atomic E-state index is 0.0416. The van der Waals surface area contributed by atoms with Crippen LogP contribution in [0.5, 0.6) is 0 Å². The van der Waals surface area contributed by atoms with Gasteiger partial charge in [-0.1, -0.05) is 0 Å². The molecule has 0 aromatic carbocycles. The zero-order chi connectivity index (χ0) is 11.4. The molecule has 1 heterocycles. The molecule has 0 unspecified atom stereocenters. The second-order valence-electron chi connectivity index (χ2n) is 3.22. The van der Waals surface area contributed by atoms with Crippen molar-refractivity contribution in [3.63, 3.8) is 0 Å². The fourth-order valence-corrected chi connectivity index (χ4v) is 1.18. The normalized spacial score (nSPS) is 9.80. The van der Waals surface area contributed by atoms with Crippen LogP contribution in [0.4, 0.5) is 0 Å². The number of carbonyl (C=O) groups is 2. The third-order valence-electron chi connectivity index (χ3n) is 2.10. The Morgan fingerprint density at radius 3 is 2.67 bits per heavy atom. The maximum absolute atomic E-state index is 11.8. The third kappa shape index (κ3) is 2.59. The zero-order valence-electron chi connectivity index (χ0n) is 9.03. The Morgan fingerprint density at radius 2 is 2.20 bits per heavy atom. The van der Waals surface area contributed by atoms with Crippen molar-refractivity contribution in [2.24, 2.45) is 0 Å². The van der Waals surface area contributed by atoms with E-state index in [4.69, 9.17) is 4.42 Å². The Bertz CT molecular complexity index is 370. The van der Waals surface area contributed by atoms with Crippen molar-refractivity contribution in [3.8, 4) is 0 Å². The highest BCUT2D eigenvalue weighted by Gasteiger charge is 2.17. The van der Waals surface area contributed by atoms with Gasteiger partial charge in [-0.15, -0.1) is 0 Å². The lowest BCUT2D eigenvalue weighted by Gasteiger charge is -2.15. The molecule has 15 heavy (non-hydrogen) atoms. The van der Waals surface area contributed by atoms with Crippen molar-refractivity contribution in [1.82, 2.24) is 10.2 Å². The number of hydrogen-bond donors (Lipinski definition) is 1. The van der Waals surface area contributed by atoms with Crippen molar-refractivity contribution in [1.29, 1.82) is 0 Å². The first kappa shape index (κ1) is 11.3. The van der Waals surface area contributed by atoms with Gasteiger partial charge in [-0.3, -0.25) is 9.59 Å². The van der Waals surface area contributed by atoms with Gasteiger partial charge in [-0.05, 0) is 13.0 Å². The summed E-state index contributed by atoms with van der Waals surface area (Å²) < 4.78 is 5.02. The van der Waals surface area contributed by atoms with Crippen LogP contribution in [0.15, 0.2) is 16.7 Å². The van der Waals surface area contributed by atoms with Gasteiger partial charge in [0.05, 0.1) is 18.4 Å². The second kappa shape index (κ2) is 4.63. The van der Waals surface area contributed by atoms with Crippen LogP contribution in [0.25, 0.3) is 0 Å². The summed E-state index contributed by atoms with van der Waals surface area (Å²) in [6, 6.07) is 1.60. The van der Waals surface area contributed by atoms with Crippen molar-refractivity contribution in [2.45, 2.75) is 6.92 Å². The lowest BCUT2D eigenvalue weighted by Crippen LogP contribution is -2.36. The van der Waals surface area contributed by atoms with Crippen molar-refractivity contribution >= 4 is 11.8 Å². The number of amides is 2. The monoisotopic (exact) mass is 210 g/mol. The summed E-state index contributed by atoms with van der Waals surface area (Å²) in [7, 11) is 3.10. The topological polar surface area (TPSA) is 62.6 Å². The minimum atomic E-state index is -0.218. The summed E-state index contributed by atoms with van der Waals surface area (Å²) in [6.45, 7) is 1.75. The first-order valence-corrected chi connectivity index (χ1v) is 4.56. The molecule has 0 fully saturated rings. The molecule has 1 rings (SSSR count). The Labute approximate surface area is 88.0 Å². The largest absolute Gasteiger partial charge is 0.469 e. The van der Waals surface area contributed by atoms with Gasteiger partial charge in [-0.25, -0.2) is 0 Å². The zero-order valence-corrected chi connectivity index (χ0v) is 9.03. The van der Waals surface area contributed by atoms with Crippen molar-refractivity contribution < 1.29 is 14.0 Å². The Balaban J connectivity index is 2.69. The molecule has 0 atom stereocenters. The van der Waals surface area contributed by atoms with Crippen LogP contribution >= 0.6 is 0 Å². The van der Waals surface area contributed by atoms with Crippen molar-refractivity contribution in [2.75, 3.05) is 20.6 Å². The lowest BCUT2D eigenvalue weighted by molar-refractivity contribution is -0.121. The summed E-state index contributed by atoms with van der Waals surface area (Å²) in [4.78, 5) is 24.2. The predicted molar refractivity (Wildman–Crippen MR) is 54.5 cm³/mol. The molecule has 0 aliphatic rings. The lowest BCUT2D eigenvalue weighted by atomic mass is 10.2. The molecule has 0 aliphatic heterocycles. The SMILES string of the molecule is CNC(=O)CN(C)C(=O)c1ccoc1C. The van der Waals surface area contributed by atoms with Crippen LogP contribution in [-0.2, 0) is 4.79 Å². The quantitative estimate of drug-likeness (QED) is 0.785. The molecule has 1 N–H and O–H groups in total. The average molecular weight is 210 g/mol. The van der Waals surface area contributed by atoms with Crippen molar-refractivity contribution in [3.05, 3.63) is 23.7 Å². The minimum Gasteiger partial charge on any atom is -0.469 e. The maximum atomic E-state index is 11.8. The predicted octanol–water partition coefficient (Wildman–Crippen LogP) is 0.406. The van der Waals surface area contributed by atoms with Gasteiger partial charge in [0.25, 0.3) is 5.91 Å². The molecule has 82 valence electrons. The maximum Gasteiger partial charge on any atom is 0.257 e. The molecule has 0 spiro atoms. The number of rotatable bonds is 3. The molecule has 1 aromatic rings. The van der Waals surface area contributed by atoms with E-state index in [1.165, 1.54) is 18.2 Å². The molecule has 0 aliphatic carbocycles. The number of likely N-dealkylation sites (N-methyl/N-ethyl adjacent to an activating group) is 2. The highest BCUT2D eigenvalue weighted by Crippen LogP contribution is 2.10. The molecule has 0 radical (unpaired) electrons. The Morgan fingerprint density at radius 1 is 1.53 bits per heavy atom. The van der Waals surface area contributed by atoms with E-state index in [-0.39, 0.29) is 18.4 Å². The number of furan rings is 1. The van der Waals surface area contributed by atoms with Gasteiger partial charge in [-0.2, -0.15) is 0 Å². The first-order valence-electron chi connectivity index (χ1n) is 4.56. The first-order chi connectivity index (χ1) is 7.06. The van der Waals surface area contributed by atoms with Gasteiger partial charge in [0.2, 0.25) is 5.91 Å². The van der Waals surface area contributed by atoms with Crippen LogP contribution in [0, 0.1) is 6.92 Å². The molecule has 2 amide bonds. The van der Waals surface area contributed by atoms with E-state index < -0.39 is 0 Å². The third-order valence-corrected chi connectivity index (χ3v) is 2.10. The number of nitrogens with zero attached hydrogens (tertiary/aromatic N) is 1. The molecule has 5 heteroatoms. The van der Waals surface area contributed by atoms with E-state index in [0.29, 0.717) is 11.3 Å². The molecular formula is C10H14N2O3.